The molecule has 1 fully saturated rings. The summed E-state index contributed by atoms with van der Waals surface area (Å²) in [4.78, 5) is 2.56. The fourth-order valence-corrected chi connectivity index (χ4v) is 4.15. The van der Waals surface area contributed by atoms with E-state index in [4.69, 9.17) is 4.74 Å². The third kappa shape index (κ3) is 4.12. The summed E-state index contributed by atoms with van der Waals surface area (Å²) in [5.74, 6) is 1.55. The van der Waals surface area contributed by atoms with Crippen LogP contribution < -0.4 is 4.74 Å². The smallest absolute Gasteiger partial charge is 0.139 e. The SMILES string of the molecule is Cc1ccc(OC[C@H]2CCCN(Cc3cc(C)n(-n4cnnc4)c3C)C2)cc1. The highest BCUT2D eigenvalue weighted by Crippen LogP contribution is 2.23. The number of benzene rings is 1. The van der Waals surface area contributed by atoms with Crippen molar-refractivity contribution in [1.29, 1.82) is 0 Å². The van der Waals surface area contributed by atoms with E-state index >= 15 is 0 Å². The predicted molar refractivity (Wildman–Crippen MR) is 109 cm³/mol. The maximum atomic E-state index is 6.05. The molecular weight excluding hydrogens is 350 g/mol. The summed E-state index contributed by atoms with van der Waals surface area (Å²) in [7, 11) is 0. The first kappa shape index (κ1) is 18.7. The number of hydrogen-bond acceptors (Lipinski definition) is 4. The fraction of sp³-hybridized carbons (Fsp3) is 0.455. The molecule has 1 atom stereocenters. The minimum atomic E-state index is 0.580. The van der Waals surface area contributed by atoms with Gasteiger partial charge in [0.1, 0.15) is 18.4 Å². The summed E-state index contributed by atoms with van der Waals surface area (Å²) in [6.45, 7) is 10.4. The van der Waals surface area contributed by atoms with Crippen molar-refractivity contribution in [2.75, 3.05) is 19.7 Å². The molecule has 0 spiro atoms. The summed E-state index contributed by atoms with van der Waals surface area (Å²) in [6.07, 6.45) is 5.94. The summed E-state index contributed by atoms with van der Waals surface area (Å²) < 4.78 is 10.1. The molecule has 0 amide bonds. The maximum absolute atomic E-state index is 6.05. The first-order valence-electron chi connectivity index (χ1n) is 10.0. The molecule has 6 nitrogen and oxygen atoms in total. The molecule has 2 aromatic heterocycles. The number of aromatic nitrogens is 4. The second kappa shape index (κ2) is 8.19. The Bertz CT molecular complexity index is 898. The first-order chi connectivity index (χ1) is 13.6. The number of rotatable bonds is 6. The molecule has 0 aliphatic carbocycles. The molecule has 4 rings (SSSR count). The third-order valence-electron chi connectivity index (χ3n) is 5.64. The lowest BCUT2D eigenvalue weighted by molar-refractivity contribution is 0.125. The number of nitrogens with zero attached hydrogens (tertiary/aromatic N) is 5. The van der Waals surface area contributed by atoms with Crippen LogP contribution in [-0.4, -0.2) is 44.1 Å². The lowest BCUT2D eigenvalue weighted by Crippen LogP contribution is -2.37. The lowest BCUT2D eigenvalue weighted by Gasteiger charge is -2.32. The highest BCUT2D eigenvalue weighted by molar-refractivity contribution is 5.27. The molecule has 1 aliphatic rings. The fourth-order valence-electron chi connectivity index (χ4n) is 4.15. The highest BCUT2D eigenvalue weighted by Gasteiger charge is 2.22. The molecule has 3 heterocycles. The Morgan fingerprint density at radius 2 is 1.82 bits per heavy atom. The molecule has 28 heavy (non-hydrogen) atoms. The van der Waals surface area contributed by atoms with Crippen molar-refractivity contribution in [3.63, 3.8) is 0 Å². The van der Waals surface area contributed by atoms with Gasteiger partial charge in [-0.25, -0.2) is 4.68 Å². The van der Waals surface area contributed by atoms with Crippen LogP contribution in [0.5, 0.6) is 5.75 Å². The van der Waals surface area contributed by atoms with E-state index in [9.17, 15) is 0 Å². The predicted octanol–water partition coefficient (Wildman–Crippen LogP) is 3.61. The number of likely N-dealkylation sites (tertiary alicyclic amines) is 1. The van der Waals surface area contributed by atoms with Crippen LogP contribution in [0.15, 0.2) is 43.0 Å². The van der Waals surface area contributed by atoms with E-state index < -0.39 is 0 Å². The van der Waals surface area contributed by atoms with Gasteiger partial charge in [0.15, 0.2) is 0 Å². The zero-order valence-corrected chi connectivity index (χ0v) is 17.0. The van der Waals surface area contributed by atoms with Crippen LogP contribution in [0.1, 0.15) is 35.4 Å². The van der Waals surface area contributed by atoms with Crippen molar-refractivity contribution in [1.82, 2.24) is 24.4 Å². The Kier molecular flexibility index (Phi) is 5.48. The van der Waals surface area contributed by atoms with Gasteiger partial charge in [-0.3, -0.25) is 9.58 Å². The maximum Gasteiger partial charge on any atom is 0.139 e. The summed E-state index contributed by atoms with van der Waals surface area (Å²) in [6, 6.07) is 10.6. The van der Waals surface area contributed by atoms with E-state index in [0.717, 1.165) is 32.0 Å². The Morgan fingerprint density at radius 3 is 2.57 bits per heavy atom. The van der Waals surface area contributed by atoms with Crippen molar-refractivity contribution >= 4 is 0 Å². The van der Waals surface area contributed by atoms with Gasteiger partial charge in [0, 0.05) is 30.4 Å². The second-order valence-electron chi connectivity index (χ2n) is 7.92. The van der Waals surface area contributed by atoms with Crippen molar-refractivity contribution in [3.05, 3.63) is 65.5 Å². The van der Waals surface area contributed by atoms with Gasteiger partial charge < -0.3 is 4.74 Å². The monoisotopic (exact) mass is 379 g/mol. The zero-order valence-electron chi connectivity index (χ0n) is 17.0. The van der Waals surface area contributed by atoms with Crippen LogP contribution >= 0.6 is 0 Å². The topological polar surface area (TPSA) is 48.1 Å². The molecule has 3 aromatic rings. The van der Waals surface area contributed by atoms with Crippen LogP contribution in [0.3, 0.4) is 0 Å². The lowest BCUT2D eigenvalue weighted by atomic mass is 9.98. The van der Waals surface area contributed by atoms with Crippen LogP contribution in [0.4, 0.5) is 0 Å². The minimum absolute atomic E-state index is 0.580. The van der Waals surface area contributed by atoms with E-state index in [-0.39, 0.29) is 0 Å². The summed E-state index contributed by atoms with van der Waals surface area (Å²) in [5, 5.41) is 7.87. The van der Waals surface area contributed by atoms with Crippen molar-refractivity contribution in [3.8, 4) is 5.75 Å². The van der Waals surface area contributed by atoms with Crippen LogP contribution in [-0.2, 0) is 6.54 Å². The molecule has 0 N–H and O–H groups in total. The van der Waals surface area contributed by atoms with Crippen molar-refractivity contribution in [2.45, 2.75) is 40.2 Å². The normalized spacial score (nSPS) is 17.8. The minimum Gasteiger partial charge on any atom is -0.493 e. The molecule has 1 aromatic carbocycles. The van der Waals surface area contributed by atoms with Gasteiger partial charge >= 0.3 is 0 Å². The number of hydrogen-bond donors (Lipinski definition) is 0. The standard InChI is InChI=1S/C22H29N5O/c1-17-6-8-22(9-7-17)28-14-20-5-4-10-25(12-20)13-21-11-18(2)27(19(21)3)26-15-23-24-16-26/h6-9,11,15-16,20H,4-5,10,12-14H2,1-3H3/t20-/m0/s1. The molecular formula is C22H29N5O. The highest BCUT2D eigenvalue weighted by atomic mass is 16.5. The Labute approximate surface area is 166 Å². The number of aryl methyl sites for hydroxylation is 2. The van der Waals surface area contributed by atoms with E-state index in [1.165, 1.54) is 35.4 Å². The van der Waals surface area contributed by atoms with E-state index in [2.05, 4.69) is 70.9 Å². The molecule has 0 unspecified atom stereocenters. The second-order valence-corrected chi connectivity index (χ2v) is 7.92. The van der Waals surface area contributed by atoms with Crippen molar-refractivity contribution in [2.24, 2.45) is 5.92 Å². The van der Waals surface area contributed by atoms with Gasteiger partial charge in [-0.05, 0) is 63.9 Å². The molecule has 6 heteroatoms. The average molecular weight is 380 g/mol. The van der Waals surface area contributed by atoms with Gasteiger partial charge in [0.05, 0.1) is 6.61 Å². The Morgan fingerprint density at radius 1 is 1.07 bits per heavy atom. The van der Waals surface area contributed by atoms with Crippen molar-refractivity contribution < 1.29 is 4.74 Å². The van der Waals surface area contributed by atoms with Crippen LogP contribution in [0.2, 0.25) is 0 Å². The number of piperidine rings is 1. The Hall–Kier alpha value is -2.60. The zero-order chi connectivity index (χ0) is 19.5. The molecule has 1 saturated heterocycles. The van der Waals surface area contributed by atoms with E-state index in [1.807, 2.05) is 4.68 Å². The first-order valence-corrected chi connectivity index (χ1v) is 10.0. The Balaban J connectivity index is 1.37. The van der Waals surface area contributed by atoms with Gasteiger partial charge in [-0.1, -0.05) is 17.7 Å². The van der Waals surface area contributed by atoms with Gasteiger partial charge in [-0.15, -0.1) is 10.2 Å². The van der Waals surface area contributed by atoms with E-state index in [1.54, 1.807) is 12.7 Å². The molecule has 0 saturated carbocycles. The quantitative estimate of drug-likeness (QED) is 0.656. The summed E-state index contributed by atoms with van der Waals surface area (Å²) >= 11 is 0. The molecule has 0 radical (unpaired) electrons. The van der Waals surface area contributed by atoms with Gasteiger partial charge in [0.25, 0.3) is 0 Å². The largest absolute Gasteiger partial charge is 0.493 e. The average Bonchev–Trinajstić information content (AvgIpc) is 3.30. The van der Waals surface area contributed by atoms with E-state index in [0.29, 0.717) is 5.92 Å². The summed E-state index contributed by atoms with van der Waals surface area (Å²) in [5.41, 5.74) is 5.07. The molecule has 0 bridgehead atoms. The van der Waals surface area contributed by atoms with Crippen LogP contribution in [0.25, 0.3) is 0 Å². The third-order valence-corrected chi connectivity index (χ3v) is 5.64. The number of ether oxygens (including phenoxy) is 1. The van der Waals surface area contributed by atoms with Gasteiger partial charge in [0.2, 0.25) is 0 Å². The van der Waals surface area contributed by atoms with Gasteiger partial charge in [-0.2, -0.15) is 0 Å². The van der Waals surface area contributed by atoms with Crippen LogP contribution in [0, 0.1) is 26.7 Å². The molecule has 1 aliphatic heterocycles. The molecule has 148 valence electrons.